The van der Waals surface area contributed by atoms with Gasteiger partial charge in [0.25, 0.3) is 5.91 Å². The first-order valence-electron chi connectivity index (χ1n) is 9.68. The first-order chi connectivity index (χ1) is 15.0. The Morgan fingerprint density at radius 1 is 0.968 bits per heavy atom. The molecule has 0 aliphatic carbocycles. The molecule has 0 atom stereocenters. The summed E-state index contributed by atoms with van der Waals surface area (Å²) in [4.78, 5) is 12.3. The summed E-state index contributed by atoms with van der Waals surface area (Å²) in [5.74, 6) is 1.15. The van der Waals surface area contributed by atoms with Gasteiger partial charge in [0, 0.05) is 21.8 Å². The van der Waals surface area contributed by atoms with Crippen LogP contribution in [0.4, 0.5) is 5.69 Å². The van der Waals surface area contributed by atoms with Gasteiger partial charge in [0.15, 0.2) is 6.61 Å². The number of benzene rings is 3. The molecule has 0 saturated heterocycles. The summed E-state index contributed by atoms with van der Waals surface area (Å²) in [6.45, 7) is 3.77. The van der Waals surface area contributed by atoms with Gasteiger partial charge in [0.1, 0.15) is 5.75 Å². The lowest BCUT2D eigenvalue weighted by Gasteiger charge is -2.10. The number of carbonyl (C=O) groups excluding carboxylic acids is 1. The lowest BCUT2D eigenvalue weighted by Crippen LogP contribution is -2.20. The van der Waals surface area contributed by atoms with Crippen molar-refractivity contribution in [2.24, 2.45) is 0 Å². The second-order valence-corrected chi connectivity index (χ2v) is 7.54. The minimum absolute atomic E-state index is 0.120. The summed E-state index contributed by atoms with van der Waals surface area (Å²) < 4.78 is 11.4. The molecule has 0 unspecified atom stereocenters. The van der Waals surface area contributed by atoms with Gasteiger partial charge < -0.3 is 14.5 Å². The average molecular weight is 434 g/mol. The van der Waals surface area contributed by atoms with E-state index in [1.165, 1.54) is 0 Å². The Balaban J connectivity index is 1.42. The number of hydrogen-bond donors (Lipinski definition) is 1. The number of ether oxygens (including phenoxy) is 1. The molecule has 7 heteroatoms. The van der Waals surface area contributed by atoms with Crippen molar-refractivity contribution >= 4 is 23.2 Å². The van der Waals surface area contributed by atoms with Crippen LogP contribution in [0.5, 0.6) is 5.75 Å². The van der Waals surface area contributed by atoms with E-state index in [2.05, 4.69) is 15.5 Å². The summed E-state index contributed by atoms with van der Waals surface area (Å²) in [7, 11) is 0. The predicted octanol–water partition coefficient (Wildman–Crippen LogP) is 5.69. The lowest BCUT2D eigenvalue weighted by atomic mass is 10.1. The van der Waals surface area contributed by atoms with Gasteiger partial charge in [-0.1, -0.05) is 35.4 Å². The van der Waals surface area contributed by atoms with Gasteiger partial charge in [-0.3, -0.25) is 4.79 Å². The van der Waals surface area contributed by atoms with Crippen molar-refractivity contribution in [2.45, 2.75) is 13.8 Å². The molecule has 1 N–H and O–H groups in total. The average Bonchev–Trinajstić information content (AvgIpc) is 3.24. The molecule has 0 bridgehead atoms. The molecule has 0 aliphatic rings. The van der Waals surface area contributed by atoms with Gasteiger partial charge in [0.2, 0.25) is 11.8 Å². The van der Waals surface area contributed by atoms with Crippen molar-refractivity contribution < 1.29 is 13.9 Å². The van der Waals surface area contributed by atoms with Crippen molar-refractivity contribution in [3.8, 4) is 28.7 Å². The van der Waals surface area contributed by atoms with E-state index in [9.17, 15) is 4.79 Å². The second kappa shape index (κ2) is 9.02. The van der Waals surface area contributed by atoms with Gasteiger partial charge in [-0.15, -0.1) is 10.2 Å². The molecule has 0 radical (unpaired) electrons. The van der Waals surface area contributed by atoms with Crippen molar-refractivity contribution in [3.63, 3.8) is 0 Å². The molecular weight excluding hydrogens is 414 g/mol. The molecule has 31 heavy (non-hydrogen) atoms. The van der Waals surface area contributed by atoms with Crippen molar-refractivity contribution in [1.82, 2.24) is 10.2 Å². The summed E-state index contributed by atoms with van der Waals surface area (Å²) in [6.07, 6.45) is 0. The van der Waals surface area contributed by atoms with E-state index in [1.54, 1.807) is 30.3 Å². The topological polar surface area (TPSA) is 77.2 Å². The van der Waals surface area contributed by atoms with Crippen molar-refractivity contribution in [2.75, 3.05) is 11.9 Å². The highest BCUT2D eigenvalue weighted by Gasteiger charge is 2.12. The zero-order valence-electron chi connectivity index (χ0n) is 17.1. The van der Waals surface area contributed by atoms with Gasteiger partial charge in [-0.05, 0) is 67.9 Å². The number of rotatable bonds is 6. The molecule has 0 fully saturated rings. The van der Waals surface area contributed by atoms with Gasteiger partial charge in [-0.25, -0.2) is 0 Å². The summed E-state index contributed by atoms with van der Waals surface area (Å²) in [6, 6.07) is 20.3. The third-order valence-electron chi connectivity index (χ3n) is 4.61. The van der Waals surface area contributed by atoms with Gasteiger partial charge in [-0.2, -0.15) is 0 Å². The van der Waals surface area contributed by atoms with Crippen LogP contribution in [-0.2, 0) is 4.79 Å². The Bertz CT molecular complexity index is 1220. The molecule has 4 rings (SSSR count). The minimum Gasteiger partial charge on any atom is -0.483 e. The predicted molar refractivity (Wildman–Crippen MR) is 120 cm³/mol. The molecule has 6 nitrogen and oxygen atoms in total. The normalized spacial score (nSPS) is 10.7. The fourth-order valence-electron chi connectivity index (χ4n) is 3.00. The number of anilines is 1. The number of hydrogen-bond acceptors (Lipinski definition) is 5. The quantitative estimate of drug-likeness (QED) is 0.422. The first kappa shape index (κ1) is 20.6. The molecule has 0 saturated carbocycles. The largest absolute Gasteiger partial charge is 0.483 e. The molecule has 3 aromatic carbocycles. The fourth-order valence-corrected chi connectivity index (χ4v) is 3.22. The highest BCUT2D eigenvalue weighted by molar-refractivity contribution is 6.30. The number of aromatic nitrogens is 2. The SMILES string of the molecule is Cc1ccc(-c2nnc(-c3cccc(NC(=O)COc4ccc(Cl)cc4C)c3)o2)cc1. The number of nitrogens with zero attached hydrogens (tertiary/aromatic N) is 2. The van der Waals surface area contributed by atoms with E-state index in [0.29, 0.717) is 33.8 Å². The lowest BCUT2D eigenvalue weighted by molar-refractivity contribution is -0.118. The summed E-state index contributed by atoms with van der Waals surface area (Å²) in [5, 5.41) is 11.7. The third kappa shape index (κ3) is 5.10. The molecule has 156 valence electrons. The fraction of sp³-hybridized carbons (Fsp3) is 0.125. The van der Waals surface area contributed by atoms with E-state index in [-0.39, 0.29) is 12.5 Å². The van der Waals surface area contributed by atoms with Crippen LogP contribution in [0.2, 0.25) is 5.02 Å². The molecule has 4 aromatic rings. The molecular formula is C24H20ClN3O3. The summed E-state index contributed by atoms with van der Waals surface area (Å²) in [5.41, 5.74) is 4.18. The third-order valence-corrected chi connectivity index (χ3v) is 4.85. The second-order valence-electron chi connectivity index (χ2n) is 7.11. The molecule has 1 amide bonds. The Hall–Kier alpha value is -3.64. The van der Waals surface area contributed by atoms with Crippen LogP contribution in [0.1, 0.15) is 11.1 Å². The van der Waals surface area contributed by atoms with Crippen LogP contribution in [0.15, 0.2) is 71.1 Å². The highest BCUT2D eigenvalue weighted by Crippen LogP contribution is 2.26. The van der Waals surface area contributed by atoms with Crippen LogP contribution in [-0.4, -0.2) is 22.7 Å². The smallest absolute Gasteiger partial charge is 0.262 e. The zero-order chi connectivity index (χ0) is 21.8. The van der Waals surface area contributed by atoms with Crippen molar-refractivity contribution in [3.05, 3.63) is 82.9 Å². The maximum absolute atomic E-state index is 12.3. The number of aryl methyl sites for hydroxylation is 2. The Kier molecular flexibility index (Phi) is 6.00. The van der Waals surface area contributed by atoms with E-state index in [4.69, 9.17) is 20.8 Å². The van der Waals surface area contributed by atoms with Crippen LogP contribution < -0.4 is 10.1 Å². The maximum atomic E-state index is 12.3. The molecule has 0 spiro atoms. The van der Waals surface area contributed by atoms with Crippen LogP contribution >= 0.6 is 11.6 Å². The maximum Gasteiger partial charge on any atom is 0.262 e. The monoisotopic (exact) mass is 433 g/mol. The van der Waals surface area contributed by atoms with Crippen molar-refractivity contribution in [1.29, 1.82) is 0 Å². The van der Waals surface area contributed by atoms with Crippen LogP contribution in [0.25, 0.3) is 22.9 Å². The van der Waals surface area contributed by atoms with Gasteiger partial charge in [0.05, 0.1) is 0 Å². The minimum atomic E-state index is -0.280. The van der Waals surface area contributed by atoms with E-state index >= 15 is 0 Å². The summed E-state index contributed by atoms with van der Waals surface area (Å²) >= 11 is 5.94. The van der Waals surface area contributed by atoms with E-state index in [0.717, 1.165) is 16.7 Å². The zero-order valence-corrected chi connectivity index (χ0v) is 17.8. The van der Waals surface area contributed by atoms with E-state index in [1.807, 2.05) is 50.2 Å². The molecule has 1 heterocycles. The van der Waals surface area contributed by atoms with E-state index < -0.39 is 0 Å². The number of nitrogens with one attached hydrogen (secondary N) is 1. The number of halogens is 1. The first-order valence-corrected chi connectivity index (χ1v) is 10.1. The Morgan fingerprint density at radius 2 is 1.71 bits per heavy atom. The van der Waals surface area contributed by atoms with Gasteiger partial charge >= 0.3 is 0 Å². The number of carbonyl (C=O) groups is 1. The molecule has 0 aliphatic heterocycles. The van der Waals surface area contributed by atoms with Crippen LogP contribution in [0.3, 0.4) is 0 Å². The van der Waals surface area contributed by atoms with Crippen LogP contribution in [0, 0.1) is 13.8 Å². The highest BCUT2D eigenvalue weighted by atomic mass is 35.5. The standard InChI is InChI=1S/C24H20ClN3O3/c1-15-6-8-17(9-7-15)23-27-28-24(31-23)18-4-3-5-20(13-18)26-22(29)14-30-21-11-10-19(25)12-16(21)2/h3-13H,14H2,1-2H3,(H,26,29). The number of amides is 1. The Labute approximate surface area is 184 Å². The molecule has 1 aromatic heterocycles. The Morgan fingerprint density at radius 3 is 2.45 bits per heavy atom.